The van der Waals surface area contributed by atoms with E-state index >= 15 is 0 Å². The third kappa shape index (κ3) is 5.48. The molecule has 5 rings (SSSR count). The summed E-state index contributed by atoms with van der Waals surface area (Å²) >= 11 is 0. The van der Waals surface area contributed by atoms with Crippen LogP contribution in [0.15, 0.2) is 0 Å². The fourth-order valence-electron chi connectivity index (χ4n) is 9.16. The average molecular weight is 477 g/mol. The zero-order valence-electron chi connectivity index (χ0n) is 21.4. The standard InChI is InChI=1S/C30H54P2/c1-6-16-26(17-7-1)31(27-18-8-2-9-19-27)30(24-14-5-15-25-30)32(28-20-10-3-11-21-28)29-22-12-4-13-23-29/h26-29H,1-25H2. The van der Waals surface area contributed by atoms with Crippen molar-refractivity contribution in [3.05, 3.63) is 0 Å². The predicted octanol–water partition coefficient (Wildman–Crippen LogP) is 10.9. The molecule has 0 aliphatic heterocycles. The van der Waals surface area contributed by atoms with Crippen molar-refractivity contribution in [3.8, 4) is 0 Å². The monoisotopic (exact) mass is 476 g/mol. The molecule has 0 N–H and O–H groups in total. The van der Waals surface area contributed by atoms with Crippen LogP contribution in [0.4, 0.5) is 0 Å². The summed E-state index contributed by atoms with van der Waals surface area (Å²) in [4.78, 5) is 0.872. The highest BCUT2D eigenvalue weighted by Crippen LogP contribution is 2.81. The van der Waals surface area contributed by atoms with Crippen LogP contribution in [-0.4, -0.2) is 27.5 Å². The molecule has 5 aliphatic rings. The molecule has 2 heteroatoms. The molecule has 0 heterocycles. The van der Waals surface area contributed by atoms with Crippen LogP contribution in [0, 0.1) is 0 Å². The van der Waals surface area contributed by atoms with E-state index in [-0.39, 0.29) is 15.8 Å². The molecule has 5 aliphatic carbocycles. The quantitative estimate of drug-likeness (QED) is 0.334. The van der Waals surface area contributed by atoms with E-state index in [2.05, 4.69) is 0 Å². The van der Waals surface area contributed by atoms with Gasteiger partial charge in [0.25, 0.3) is 0 Å². The fraction of sp³-hybridized carbons (Fsp3) is 1.00. The molecule has 0 unspecified atom stereocenters. The van der Waals surface area contributed by atoms with Gasteiger partial charge in [0.2, 0.25) is 0 Å². The van der Waals surface area contributed by atoms with Crippen LogP contribution in [0.3, 0.4) is 0 Å². The lowest BCUT2D eigenvalue weighted by atomic mass is 9.98. The Kier molecular flexibility index (Phi) is 9.36. The predicted molar refractivity (Wildman–Crippen MR) is 147 cm³/mol. The maximum absolute atomic E-state index is 1.70. The van der Waals surface area contributed by atoms with Gasteiger partial charge in [-0.2, -0.15) is 0 Å². The molecule has 0 radical (unpaired) electrons. The van der Waals surface area contributed by atoms with Crippen molar-refractivity contribution in [3.63, 3.8) is 0 Å². The van der Waals surface area contributed by atoms with Crippen molar-refractivity contribution < 1.29 is 0 Å². The van der Waals surface area contributed by atoms with Crippen LogP contribution in [0.25, 0.3) is 0 Å². The van der Waals surface area contributed by atoms with Gasteiger partial charge in [-0.3, -0.25) is 0 Å². The summed E-state index contributed by atoms with van der Waals surface area (Å²) in [7, 11) is 0.481. The van der Waals surface area contributed by atoms with Crippen molar-refractivity contribution in [2.75, 3.05) is 0 Å². The largest absolute Gasteiger partial charge is 0.0895 e. The summed E-state index contributed by atoms with van der Waals surface area (Å²) in [6.45, 7) is 0. The SMILES string of the molecule is C1CCC(P(C2CCCCC2)C2(P(C3CCCCC3)C3CCCCC3)CCCCC2)CC1. The molecule has 32 heavy (non-hydrogen) atoms. The second-order valence-electron chi connectivity index (χ2n) is 12.5. The lowest BCUT2D eigenvalue weighted by Crippen LogP contribution is -2.42. The minimum absolute atomic E-state index is 0.240. The van der Waals surface area contributed by atoms with E-state index in [1.807, 2.05) is 0 Å². The molecule has 5 fully saturated rings. The average Bonchev–Trinajstić information content (AvgIpc) is 2.88. The van der Waals surface area contributed by atoms with Crippen molar-refractivity contribution in [2.45, 2.75) is 188 Å². The summed E-state index contributed by atoms with van der Waals surface area (Å²) in [5, 5.41) is 0. The van der Waals surface area contributed by atoms with Crippen molar-refractivity contribution in [1.29, 1.82) is 0 Å². The molecule has 0 aromatic carbocycles. The van der Waals surface area contributed by atoms with E-state index < -0.39 is 0 Å². The van der Waals surface area contributed by atoms with Crippen LogP contribution in [0.5, 0.6) is 0 Å². The molecule has 0 nitrogen and oxygen atoms in total. The Balaban J connectivity index is 1.54. The summed E-state index contributed by atoms with van der Waals surface area (Å²) in [5.74, 6) is 0. The molecule has 0 aromatic rings. The molecular formula is C30H54P2. The first-order chi connectivity index (χ1) is 15.9. The van der Waals surface area contributed by atoms with E-state index in [4.69, 9.17) is 0 Å². The second-order valence-corrected chi connectivity index (χ2v) is 19.1. The normalized spacial score (nSPS) is 30.2. The first kappa shape index (κ1) is 24.5. The van der Waals surface area contributed by atoms with Crippen LogP contribution in [-0.2, 0) is 0 Å². The van der Waals surface area contributed by atoms with Gasteiger partial charge in [0.1, 0.15) is 0 Å². The van der Waals surface area contributed by atoms with Crippen molar-refractivity contribution in [2.24, 2.45) is 0 Å². The second kappa shape index (κ2) is 12.2. The lowest BCUT2D eigenvalue weighted by molar-refractivity contribution is 0.426. The van der Waals surface area contributed by atoms with Crippen LogP contribution in [0.2, 0.25) is 0 Å². The maximum Gasteiger partial charge on any atom is 0.0116 e. The van der Waals surface area contributed by atoms with Gasteiger partial charge in [0, 0.05) is 4.90 Å². The molecule has 184 valence electrons. The highest BCUT2D eigenvalue weighted by Gasteiger charge is 2.54. The van der Waals surface area contributed by atoms with Gasteiger partial charge in [-0.05, 0) is 86.8 Å². The van der Waals surface area contributed by atoms with Gasteiger partial charge in [0.15, 0.2) is 0 Å². The van der Waals surface area contributed by atoms with E-state index in [0.29, 0.717) is 0 Å². The first-order valence-electron chi connectivity index (χ1n) is 15.5. The highest BCUT2D eigenvalue weighted by molar-refractivity contribution is 7.78. The summed E-state index contributed by atoms with van der Waals surface area (Å²) in [6, 6.07) is 0. The first-order valence-corrected chi connectivity index (χ1v) is 18.4. The van der Waals surface area contributed by atoms with Crippen molar-refractivity contribution >= 4 is 15.8 Å². The number of hydrogen-bond acceptors (Lipinski definition) is 0. The van der Waals surface area contributed by atoms with Crippen LogP contribution < -0.4 is 0 Å². The minimum atomic E-state index is 0.240. The van der Waals surface area contributed by atoms with E-state index in [0.717, 1.165) is 4.90 Å². The van der Waals surface area contributed by atoms with Crippen molar-refractivity contribution in [1.82, 2.24) is 0 Å². The molecular weight excluding hydrogens is 422 g/mol. The Bertz CT molecular complexity index is 451. The Morgan fingerprint density at radius 1 is 0.312 bits per heavy atom. The fourth-order valence-corrected chi connectivity index (χ4v) is 21.4. The summed E-state index contributed by atoms with van der Waals surface area (Å²) in [5.41, 5.74) is 4.71. The van der Waals surface area contributed by atoms with Gasteiger partial charge in [0.05, 0.1) is 0 Å². The summed E-state index contributed by atoms with van der Waals surface area (Å²) < 4.78 is 0. The van der Waals surface area contributed by atoms with E-state index in [9.17, 15) is 0 Å². The Morgan fingerprint density at radius 2 is 0.562 bits per heavy atom. The van der Waals surface area contributed by atoms with Gasteiger partial charge in [-0.15, -0.1) is 0 Å². The molecule has 0 bridgehead atoms. The maximum atomic E-state index is 1.70. The number of rotatable bonds is 6. The smallest absolute Gasteiger partial charge is 0.0116 e. The zero-order valence-corrected chi connectivity index (χ0v) is 23.2. The van der Waals surface area contributed by atoms with Gasteiger partial charge >= 0.3 is 0 Å². The van der Waals surface area contributed by atoms with Gasteiger partial charge in [-0.1, -0.05) is 112 Å². The highest BCUT2D eigenvalue weighted by atomic mass is 31.2. The van der Waals surface area contributed by atoms with Crippen LogP contribution >= 0.6 is 15.8 Å². The lowest BCUT2D eigenvalue weighted by Gasteiger charge is -2.60. The molecule has 0 amide bonds. The molecule has 0 saturated heterocycles. The topological polar surface area (TPSA) is 0 Å². The molecule has 0 atom stereocenters. The van der Waals surface area contributed by atoms with E-state index in [1.165, 1.54) is 22.6 Å². The molecule has 0 spiro atoms. The third-order valence-electron chi connectivity index (χ3n) is 10.5. The number of hydrogen-bond donors (Lipinski definition) is 0. The summed E-state index contributed by atoms with van der Waals surface area (Å²) in [6.07, 6.45) is 40.2. The zero-order chi connectivity index (χ0) is 21.6. The van der Waals surface area contributed by atoms with Crippen LogP contribution in [0.1, 0.15) is 161 Å². The third-order valence-corrected chi connectivity index (χ3v) is 19.9. The Labute approximate surface area is 203 Å². The van der Waals surface area contributed by atoms with Gasteiger partial charge < -0.3 is 0 Å². The Hall–Kier alpha value is 0.860. The minimum Gasteiger partial charge on any atom is -0.0895 e. The van der Waals surface area contributed by atoms with E-state index in [1.54, 1.807) is 161 Å². The Morgan fingerprint density at radius 3 is 0.844 bits per heavy atom. The molecule has 0 aromatic heterocycles. The van der Waals surface area contributed by atoms with Gasteiger partial charge in [-0.25, -0.2) is 0 Å². The molecule has 5 saturated carbocycles.